The molecule has 5 rings (SSSR count). The van der Waals surface area contributed by atoms with Gasteiger partial charge in [-0.05, 0) is 43.1 Å². The van der Waals surface area contributed by atoms with Crippen molar-refractivity contribution in [3.8, 4) is 11.8 Å². The summed E-state index contributed by atoms with van der Waals surface area (Å²) in [4.78, 5) is 11.2. The van der Waals surface area contributed by atoms with Gasteiger partial charge < -0.3 is 19.7 Å². The molecule has 0 unspecified atom stereocenters. The number of piperidine rings is 1. The second-order valence-corrected chi connectivity index (χ2v) is 8.11. The van der Waals surface area contributed by atoms with Gasteiger partial charge in [-0.1, -0.05) is 0 Å². The number of nitrogens with zero attached hydrogens (tertiary/aromatic N) is 5. The lowest BCUT2D eigenvalue weighted by Crippen LogP contribution is -2.37. The molecule has 0 amide bonds. The zero-order valence-corrected chi connectivity index (χ0v) is 19.1. The molecule has 2 fully saturated rings. The standard InChI is InChI=1S/C22H27FN6O2.ClH/c1-14-9-15-12-25-29(19(15)10-17(14)16-3-4-24-13-18(16)23)21-11-20(26-22(27-21)30-2)28-5-7-31-8-6-28;/h9-12,16,18,24H,3-8,13H2,1-2H3;1H/t16-,18-;/m0./s1. The quantitative estimate of drug-likeness (QED) is 0.638. The summed E-state index contributed by atoms with van der Waals surface area (Å²) in [5, 5.41) is 8.73. The Hall–Kier alpha value is -2.49. The topological polar surface area (TPSA) is 77.3 Å². The number of rotatable bonds is 4. The Kier molecular flexibility index (Phi) is 6.78. The van der Waals surface area contributed by atoms with Gasteiger partial charge in [0, 0.05) is 37.0 Å². The molecule has 0 spiro atoms. The number of morpholine rings is 1. The molecular formula is C22H28ClFN6O2. The number of halogens is 2. The van der Waals surface area contributed by atoms with Crippen molar-refractivity contribution < 1.29 is 13.9 Å². The van der Waals surface area contributed by atoms with E-state index >= 15 is 0 Å². The number of hydrogen-bond donors (Lipinski definition) is 1. The van der Waals surface area contributed by atoms with Gasteiger partial charge in [0.15, 0.2) is 5.82 Å². The number of nitrogens with one attached hydrogen (secondary N) is 1. The van der Waals surface area contributed by atoms with Gasteiger partial charge in [0.2, 0.25) is 0 Å². The van der Waals surface area contributed by atoms with Crippen LogP contribution in [0.15, 0.2) is 24.4 Å². The smallest absolute Gasteiger partial charge is 0.320 e. The Morgan fingerprint density at radius 2 is 1.94 bits per heavy atom. The summed E-state index contributed by atoms with van der Waals surface area (Å²) < 4.78 is 27.3. The van der Waals surface area contributed by atoms with E-state index in [0.717, 1.165) is 53.9 Å². The number of alkyl halides is 1. The second-order valence-electron chi connectivity index (χ2n) is 8.11. The molecule has 2 aromatic heterocycles. The van der Waals surface area contributed by atoms with E-state index in [1.807, 2.05) is 19.2 Å². The van der Waals surface area contributed by atoms with E-state index in [1.54, 1.807) is 11.8 Å². The summed E-state index contributed by atoms with van der Waals surface area (Å²) >= 11 is 0. The molecule has 3 aromatic rings. The predicted octanol–water partition coefficient (Wildman–Crippen LogP) is 2.81. The normalized spacial score (nSPS) is 21.4. The van der Waals surface area contributed by atoms with Crippen LogP contribution in [0, 0.1) is 6.92 Å². The lowest BCUT2D eigenvalue weighted by molar-refractivity contribution is 0.122. The molecule has 4 heterocycles. The first-order valence-electron chi connectivity index (χ1n) is 10.7. The SMILES string of the molecule is COc1nc(N2CCOCC2)cc(-n2ncc3cc(C)c([C@@H]4CCNC[C@@H]4F)cc32)n1.Cl. The highest BCUT2D eigenvalue weighted by atomic mass is 35.5. The number of aryl methyl sites for hydroxylation is 1. The average molecular weight is 463 g/mol. The van der Waals surface area contributed by atoms with Crippen LogP contribution in [-0.2, 0) is 4.74 Å². The molecule has 32 heavy (non-hydrogen) atoms. The number of methoxy groups -OCH3 is 1. The fraction of sp³-hybridized carbons (Fsp3) is 0.500. The molecule has 1 aromatic carbocycles. The highest BCUT2D eigenvalue weighted by molar-refractivity contribution is 5.85. The van der Waals surface area contributed by atoms with Crippen molar-refractivity contribution in [3.63, 3.8) is 0 Å². The maximum atomic E-state index is 14.7. The largest absolute Gasteiger partial charge is 0.467 e. The first kappa shape index (κ1) is 22.7. The van der Waals surface area contributed by atoms with Crippen molar-refractivity contribution in [2.24, 2.45) is 0 Å². The number of aromatic nitrogens is 4. The predicted molar refractivity (Wildman–Crippen MR) is 123 cm³/mol. The molecule has 10 heteroatoms. The lowest BCUT2D eigenvalue weighted by Gasteiger charge is -2.28. The molecule has 2 saturated heterocycles. The summed E-state index contributed by atoms with van der Waals surface area (Å²) in [6, 6.07) is 6.37. The average Bonchev–Trinajstić information content (AvgIpc) is 3.22. The molecule has 2 atom stereocenters. The summed E-state index contributed by atoms with van der Waals surface area (Å²) in [5.41, 5.74) is 3.04. The summed E-state index contributed by atoms with van der Waals surface area (Å²) in [6.45, 7) is 6.12. The van der Waals surface area contributed by atoms with Gasteiger partial charge in [-0.15, -0.1) is 12.4 Å². The Morgan fingerprint density at radius 1 is 1.16 bits per heavy atom. The van der Waals surface area contributed by atoms with E-state index in [0.29, 0.717) is 25.6 Å². The third kappa shape index (κ3) is 4.24. The number of hydrogen-bond acceptors (Lipinski definition) is 7. The molecule has 2 aliphatic rings. The van der Waals surface area contributed by atoms with Gasteiger partial charge in [-0.3, -0.25) is 0 Å². The van der Waals surface area contributed by atoms with Crippen LogP contribution < -0.4 is 15.0 Å². The summed E-state index contributed by atoms with van der Waals surface area (Å²) in [7, 11) is 1.56. The van der Waals surface area contributed by atoms with E-state index in [-0.39, 0.29) is 24.3 Å². The van der Waals surface area contributed by atoms with Crippen LogP contribution in [0.2, 0.25) is 0 Å². The summed E-state index contributed by atoms with van der Waals surface area (Å²) in [5.74, 6) is 1.29. The van der Waals surface area contributed by atoms with Crippen LogP contribution in [0.1, 0.15) is 23.5 Å². The monoisotopic (exact) mass is 462 g/mol. The van der Waals surface area contributed by atoms with Gasteiger partial charge >= 0.3 is 6.01 Å². The van der Waals surface area contributed by atoms with Gasteiger partial charge in [0.05, 0.1) is 32.0 Å². The first-order valence-corrected chi connectivity index (χ1v) is 10.7. The maximum Gasteiger partial charge on any atom is 0.320 e. The van der Waals surface area contributed by atoms with Gasteiger partial charge in [-0.25, -0.2) is 9.07 Å². The van der Waals surface area contributed by atoms with Crippen LogP contribution in [-0.4, -0.2) is 72.4 Å². The fourth-order valence-corrected chi connectivity index (χ4v) is 4.51. The Balaban J connectivity index is 0.00000245. The van der Waals surface area contributed by atoms with E-state index in [2.05, 4.69) is 37.4 Å². The minimum Gasteiger partial charge on any atom is -0.467 e. The molecule has 2 aliphatic heterocycles. The number of benzene rings is 1. The third-order valence-electron chi connectivity index (χ3n) is 6.18. The Labute approximate surface area is 192 Å². The minimum atomic E-state index is -0.895. The molecular weight excluding hydrogens is 435 g/mol. The molecule has 1 N–H and O–H groups in total. The molecule has 0 bridgehead atoms. The van der Waals surface area contributed by atoms with E-state index < -0.39 is 6.17 Å². The molecule has 172 valence electrons. The van der Waals surface area contributed by atoms with E-state index in [4.69, 9.17) is 9.47 Å². The highest BCUT2D eigenvalue weighted by Crippen LogP contribution is 2.33. The fourth-order valence-electron chi connectivity index (χ4n) is 4.51. The summed E-state index contributed by atoms with van der Waals surface area (Å²) in [6.07, 6.45) is 1.71. The number of fused-ring (bicyclic) bond motifs is 1. The van der Waals surface area contributed by atoms with Crippen LogP contribution >= 0.6 is 12.4 Å². The third-order valence-corrected chi connectivity index (χ3v) is 6.18. The maximum absolute atomic E-state index is 14.7. The Bertz CT molecular complexity index is 1090. The molecule has 0 saturated carbocycles. The second kappa shape index (κ2) is 9.56. The Morgan fingerprint density at radius 3 is 2.69 bits per heavy atom. The van der Waals surface area contributed by atoms with Gasteiger partial charge in [-0.2, -0.15) is 15.1 Å². The van der Waals surface area contributed by atoms with Crippen molar-refractivity contribution in [2.75, 3.05) is 51.4 Å². The van der Waals surface area contributed by atoms with Crippen molar-refractivity contribution in [1.29, 1.82) is 0 Å². The van der Waals surface area contributed by atoms with Crippen molar-refractivity contribution in [1.82, 2.24) is 25.1 Å². The molecule has 0 aliphatic carbocycles. The minimum absolute atomic E-state index is 0. The van der Waals surface area contributed by atoms with Crippen LogP contribution in [0.3, 0.4) is 0 Å². The van der Waals surface area contributed by atoms with Gasteiger partial charge in [0.25, 0.3) is 0 Å². The van der Waals surface area contributed by atoms with E-state index in [9.17, 15) is 4.39 Å². The van der Waals surface area contributed by atoms with Crippen molar-refractivity contribution >= 4 is 29.1 Å². The first-order chi connectivity index (χ1) is 15.1. The van der Waals surface area contributed by atoms with Gasteiger partial charge in [0.1, 0.15) is 12.0 Å². The van der Waals surface area contributed by atoms with Crippen LogP contribution in [0.4, 0.5) is 10.2 Å². The number of anilines is 1. The number of ether oxygens (including phenoxy) is 2. The zero-order valence-electron chi connectivity index (χ0n) is 18.3. The van der Waals surface area contributed by atoms with Crippen molar-refractivity contribution in [3.05, 3.63) is 35.5 Å². The molecule has 8 nitrogen and oxygen atoms in total. The van der Waals surface area contributed by atoms with Crippen LogP contribution in [0.5, 0.6) is 6.01 Å². The van der Waals surface area contributed by atoms with Crippen molar-refractivity contribution in [2.45, 2.75) is 25.4 Å². The zero-order chi connectivity index (χ0) is 21.4. The lowest BCUT2D eigenvalue weighted by atomic mass is 9.85. The van der Waals surface area contributed by atoms with Crippen LogP contribution in [0.25, 0.3) is 16.7 Å². The van der Waals surface area contributed by atoms with E-state index in [1.165, 1.54) is 0 Å². The molecule has 0 radical (unpaired) electrons. The highest BCUT2D eigenvalue weighted by Gasteiger charge is 2.28.